The molecule has 0 saturated carbocycles. The van der Waals surface area contributed by atoms with Gasteiger partial charge in [0.2, 0.25) is 0 Å². The number of nitrogens with one attached hydrogen (secondary N) is 1. The number of Topliss-reactive ketones (excluding diaryl/α,β-unsaturated/α-hetero) is 1. The van der Waals surface area contributed by atoms with E-state index in [1.54, 1.807) is 0 Å². The van der Waals surface area contributed by atoms with Gasteiger partial charge in [-0.05, 0) is 30.5 Å². The van der Waals surface area contributed by atoms with E-state index in [2.05, 4.69) is 17.4 Å². The number of carbonyl (C=O) groups is 1. The molecule has 2 aromatic rings. The van der Waals surface area contributed by atoms with Gasteiger partial charge in [0.25, 0.3) is 0 Å². The van der Waals surface area contributed by atoms with E-state index in [1.807, 2.05) is 42.5 Å². The van der Waals surface area contributed by atoms with Crippen LogP contribution in [0, 0.1) is 0 Å². The standard InChI is InChI=1S/C18H19NO/c20-18(17-12-6-7-13-19-17)16-11-5-4-10-15(16)14-8-2-1-3-9-14/h1-5,8-11,17,19H,6-7,12-13H2. The van der Waals surface area contributed by atoms with Crippen molar-refractivity contribution >= 4 is 5.78 Å². The molecule has 0 aromatic heterocycles. The molecular formula is C18H19NO. The zero-order valence-corrected chi connectivity index (χ0v) is 11.5. The van der Waals surface area contributed by atoms with Crippen molar-refractivity contribution in [1.29, 1.82) is 0 Å². The normalized spacial score (nSPS) is 18.7. The molecule has 1 saturated heterocycles. The van der Waals surface area contributed by atoms with Crippen molar-refractivity contribution < 1.29 is 4.79 Å². The zero-order chi connectivity index (χ0) is 13.8. The second-order valence-electron chi connectivity index (χ2n) is 5.28. The second-order valence-corrected chi connectivity index (χ2v) is 5.28. The van der Waals surface area contributed by atoms with Crippen LogP contribution in [0.5, 0.6) is 0 Å². The first-order valence-electron chi connectivity index (χ1n) is 7.28. The number of rotatable bonds is 3. The predicted molar refractivity (Wildman–Crippen MR) is 81.9 cm³/mol. The molecule has 0 bridgehead atoms. The minimum Gasteiger partial charge on any atom is -0.307 e. The molecule has 20 heavy (non-hydrogen) atoms. The van der Waals surface area contributed by atoms with Crippen LogP contribution >= 0.6 is 0 Å². The highest BCUT2D eigenvalue weighted by molar-refractivity contribution is 6.05. The van der Waals surface area contributed by atoms with Crippen molar-refractivity contribution in [3.63, 3.8) is 0 Å². The van der Waals surface area contributed by atoms with Crippen LogP contribution < -0.4 is 5.32 Å². The smallest absolute Gasteiger partial charge is 0.180 e. The molecule has 2 aromatic carbocycles. The molecule has 1 heterocycles. The average molecular weight is 265 g/mol. The van der Waals surface area contributed by atoms with Gasteiger partial charge in [0.15, 0.2) is 5.78 Å². The number of hydrogen-bond acceptors (Lipinski definition) is 2. The highest BCUT2D eigenvalue weighted by Crippen LogP contribution is 2.25. The van der Waals surface area contributed by atoms with Crippen LogP contribution in [0.1, 0.15) is 29.6 Å². The van der Waals surface area contributed by atoms with Gasteiger partial charge >= 0.3 is 0 Å². The van der Waals surface area contributed by atoms with Gasteiger partial charge in [-0.15, -0.1) is 0 Å². The Morgan fingerprint density at radius 3 is 2.45 bits per heavy atom. The van der Waals surface area contributed by atoms with Gasteiger partial charge in [-0.2, -0.15) is 0 Å². The largest absolute Gasteiger partial charge is 0.307 e. The van der Waals surface area contributed by atoms with E-state index in [1.165, 1.54) is 6.42 Å². The molecule has 0 aliphatic carbocycles. The van der Waals surface area contributed by atoms with Gasteiger partial charge in [-0.1, -0.05) is 61.0 Å². The minimum atomic E-state index is -0.0198. The molecule has 102 valence electrons. The van der Waals surface area contributed by atoms with Crippen molar-refractivity contribution in [3.05, 3.63) is 60.2 Å². The molecule has 1 aliphatic rings. The third-order valence-electron chi connectivity index (χ3n) is 3.90. The van der Waals surface area contributed by atoms with Crippen molar-refractivity contribution in [2.75, 3.05) is 6.54 Å². The van der Waals surface area contributed by atoms with Crippen LogP contribution in [0.15, 0.2) is 54.6 Å². The van der Waals surface area contributed by atoms with Crippen molar-refractivity contribution in [2.45, 2.75) is 25.3 Å². The fourth-order valence-corrected chi connectivity index (χ4v) is 2.83. The zero-order valence-electron chi connectivity index (χ0n) is 11.5. The molecule has 1 fully saturated rings. The highest BCUT2D eigenvalue weighted by Gasteiger charge is 2.23. The molecule has 1 atom stereocenters. The molecule has 0 spiro atoms. The van der Waals surface area contributed by atoms with Gasteiger partial charge < -0.3 is 5.32 Å². The first kappa shape index (κ1) is 13.1. The molecule has 2 nitrogen and oxygen atoms in total. The van der Waals surface area contributed by atoms with Gasteiger partial charge in [-0.3, -0.25) is 4.79 Å². The Morgan fingerprint density at radius 1 is 0.950 bits per heavy atom. The monoisotopic (exact) mass is 265 g/mol. The Labute approximate surface area is 119 Å². The summed E-state index contributed by atoms with van der Waals surface area (Å²) in [4.78, 5) is 12.7. The lowest BCUT2D eigenvalue weighted by molar-refractivity contribution is 0.0928. The summed E-state index contributed by atoms with van der Waals surface area (Å²) in [5, 5.41) is 3.35. The molecular weight excluding hydrogens is 246 g/mol. The number of carbonyl (C=O) groups excluding carboxylic acids is 1. The Hall–Kier alpha value is -1.93. The Balaban J connectivity index is 1.95. The van der Waals surface area contributed by atoms with Crippen molar-refractivity contribution in [2.24, 2.45) is 0 Å². The number of hydrogen-bond donors (Lipinski definition) is 1. The van der Waals surface area contributed by atoms with E-state index in [4.69, 9.17) is 0 Å². The van der Waals surface area contributed by atoms with Crippen LogP contribution in [-0.4, -0.2) is 18.4 Å². The Kier molecular flexibility index (Phi) is 3.93. The van der Waals surface area contributed by atoms with Gasteiger partial charge in [0, 0.05) is 5.56 Å². The number of piperidine rings is 1. The third-order valence-corrected chi connectivity index (χ3v) is 3.90. The van der Waals surface area contributed by atoms with Crippen LogP contribution in [0.2, 0.25) is 0 Å². The van der Waals surface area contributed by atoms with Crippen molar-refractivity contribution in [3.8, 4) is 11.1 Å². The summed E-state index contributed by atoms with van der Waals surface area (Å²) in [6.07, 6.45) is 3.25. The van der Waals surface area contributed by atoms with E-state index in [-0.39, 0.29) is 11.8 Å². The Bertz CT molecular complexity index is 585. The molecule has 0 amide bonds. The van der Waals surface area contributed by atoms with E-state index >= 15 is 0 Å². The van der Waals surface area contributed by atoms with Crippen LogP contribution in [0.3, 0.4) is 0 Å². The fourth-order valence-electron chi connectivity index (χ4n) is 2.83. The summed E-state index contributed by atoms with van der Waals surface area (Å²) in [5.74, 6) is 0.226. The highest BCUT2D eigenvalue weighted by atomic mass is 16.1. The van der Waals surface area contributed by atoms with Gasteiger partial charge in [0.1, 0.15) is 0 Å². The predicted octanol–water partition coefficient (Wildman–Crippen LogP) is 3.68. The average Bonchev–Trinajstić information content (AvgIpc) is 2.56. The molecule has 1 aliphatic heterocycles. The van der Waals surface area contributed by atoms with Crippen LogP contribution in [0.25, 0.3) is 11.1 Å². The first-order valence-corrected chi connectivity index (χ1v) is 7.28. The summed E-state index contributed by atoms with van der Waals surface area (Å²) < 4.78 is 0. The maximum atomic E-state index is 12.7. The summed E-state index contributed by atoms with van der Waals surface area (Å²) in [6, 6.07) is 18.0. The van der Waals surface area contributed by atoms with Gasteiger partial charge in [-0.25, -0.2) is 0 Å². The minimum absolute atomic E-state index is 0.0198. The van der Waals surface area contributed by atoms with Crippen LogP contribution in [0.4, 0.5) is 0 Å². The summed E-state index contributed by atoms with van der Waals surface area (Å²) in [7, 11) is 0. The lowest BCUT2D eigenvalue weighted by Crippen LogP contribution is -2.40. The Morgan fingerprint density at radius 2 is 1.70 bits per heavy atom. The summed E-state index contributed by atoms with van der Waals surface area (Å²) in [5.41, 5.74) is 2.97. The van der Waals surface area contributed by atoms with E-state index in [0.717, 1.165) is 36.1 Å². The van der Waals surface area contributed by atoms with Crippen LogP contribution in [-0.2, 0) is 0 Å². The quantitative estimate of drug-likeness (QED) is 0.858. The second kappa shape index (κ2) is 6.02. The molecule has 2 heteroatoms. The van der Waals surface area contributed by atoms with E-state index in [9.17, 15) is 4.79 Å². The lowest BCUT2D eigenvalue weighted by Gasteiger charge is -2.23. The molecule has 1 N–H and O–H groups in total. The molecule has 1 unspecified atom stereocenters. The van der Waals surface area contributed by atoms with E-state index in [0.29, 0.717) is 0 Å². The molecule has 3 rings (SSSR count). The fraction of sp³-hybridized carbons (Fsp3) is 0.278. The molecule has 0 radical (unpaired) electrons. The lowest BCUT2D eigenvalue weighted by atomic mass is 9.91. The maximum Gasteiger partial charge on any atom is 0.180 e. The SMILES string of the molecule is O=C(c1ccccc1-c1ccccc1)C1CCCCN1. The number of benzene rings is 2. The van der Waals surface area contributed by atoms with E-state index < -0.39 is 0 Å². The third kappa shape index (κ3) is 2.66. The van der Waals surface area contributed by atoms with Gasteiger partial charge in [0.05, 0.1) is 6.04 Å². The summed E-state index contributed by atoms with van der Waals surface area (Å²) >= 11 is 0. The topological polar surface area (TPSA) is 29.1 Å². The summed E-state index contributed by atoms with van der Waals surface area (Å²) in [6.45, 7) is 0.948. The first-order chi connectivity index (χ1) is 9.86. The maximum absolute atomic E-state index is 12.7. The number of ketones is 1. The van der Waals surface area contributed by atoms with Crippen molar-refractivity contribution in [1.82, 2.24) is 5.32 Å².